The molecule has 1 unspecified atom stereocenters. The maximum Gasteiger partial charge on any atom is 0.341 e. The van der Waals surface area contributed by atoms with E-state index in [2.05, 4.69) is 31.0 Å². The van der Waals surface area contributed by atoms with Crippen LogP contribution in [-0.2, 0) is 9.53 Å². The fourth-order valence-electron chi connectivity index (χ4n) is 1.75. The van der Waals surface area contributed by atoms with Gasteiger partial charge in [0.05, 0.1) is 5.56 Å². The van der Waals surface area contributed by atoms with E-state index in [0.29, 0.717) is 6.54 Å². The van der Waals surface area contributed by atoms with Gasteiger partial charge in [0.25, 0.3) is 5.91 Å². The number of urea groups is 1. The van der Waals surface area contributed by atoms with Gasteiger partial charge in [0.2, 0.25) is 5.65 Å². The second-order valence-corrected chi connectivity index (χ2v) is 5.49. The van der Waals surface area contributed by atoms with Crippen molar-refractivity contribution in [1.29, 1.82) is 0 Å². The molecule has 3 N–H and O–H groups in total. The fraction of sp³-hybridized carbons (Fsp3) is 0.429. The van der Waals surface area contributed by atoms with Crippen molar-refractivity contribution in [3.8, 4) is 0 Å². The lowest BCUT2D eigenvalue weighted by Gasteiger charge is -2.14. The third-order valence-electron chi connectivity index (χ3n) is 3.00. The van der Waals surface area contributed by atoms with Gasteiger partial charge in [0.1, 0.15) is 5.52 Å². The molecule has 0 saturated heterocycles. The first-order valence-corrected chi connectivity index (χ1v) is 7.33. The molecule has 3 amide bonds. The Hall–Kier alpha value is -3.04. The van der Waals surface area contributed by atoms with Gasteiger partial charge in [-0.05, 0) is 18.9 Å². The Morgan fingerprint density at radius 3 is 2.71 bits per heavy atom. The summed E-state index contributed by atoms with van der Waals surface area (Å²) in [6, 6.07) is 0.770. The van der Waals surface area contributed by atoms with Crippen molar-refractivity contribution in [1.82, 2.24) is 31.0 Å². The zero-order valence-corrected chi connectivity index (χ0v) is 13.5. The van der Waals surface area contributed by atoms with Gasteiger partial charge >= 0.3 is 12.0 Å². The number of H-pyrrole nitrogens is 1. The fourth-order valence-corrected chi connectivity index (χ4v) is 1.75. The van der Waals surface area contributed by atoms with E-state index in [1.807, 2.05) is 13.8 Å². The summed E-state index contributed by atoms with van der Waals surface area (Å²) in [6.07, 6.45) is 0.225. The number of aromatic nitrogens is 4. The molecule has 0 radical (unpaired) electrons. The van der Waals surface area contributed by atoms with Crippen molar-refractivity contribution in [2.45, 2.75) is 26.9 Å². The number of aromatic amines is 1. The largest absolute Gasteiger partial charge is 0.449 e. The molecule has 0 spiro atoms. The number of imide groups is 1. The van der Waals surface area contributed by atoms with Crippen molar-refractivity contribution in [2.75, 3.05) is 6.54 Å². The summed E-state index contributed by atoms with van der Waals surface area (Å²) in [5.74, 6) is -1.24. The molecule has 2 heterocycles. The van der Waals surface area contributed by atoms with Crippen LogP contribution in [0.3, 0.4) is 0 Å². The lowest BCUT2D eigenvalue weighted by molar-refractivity contribution is -0.127. The van der Waals surface area contributed by atoms with Gasteiger partial charge in [-0.3, -0.25) is 10.1 Å². The van der Waals surface area contributed by atoms with Gasteiger partial charge in [-0.15, -0.1) is 5.10 Å². The molecule has 24 heavy (non-hydrogen) atoms. The van der Waals surface area contributed by atoms with E-state index in [-0.39, 0.29) is 22.6 Å². The van der Waals surface area contributed by atoms with Gasteiger partial charge in [0, 0.05) is 12.7 Å². The van der Waals surface area contributed by atoms with E-state index in [1.165, 1.54) is 19.2 Å². The summed E-state index contributed by atoms with van der Waals surface area (Å²) >= 11 is 0. The van der Waals surface area contributed by atoms with Gasteiger partial charge in [-0.2, -0.15) is 10.3 Å². The molecular formula is C14H18N6O4. The van der Waals surface area contributed by atoms with E-state index in [9.17, 15) is 14.4 Å². The Bertz CT molecular complexity index is 757. The van der Waals surface area contributed by atoms with Gasteiger partial charge in [-0.25, -0.2) is 14.6 Å². The average Bonchev–Trinajstić information content (AvgIpc) is 3.01. The number of hydrogen-bond donors (Lipinski definition) is 3. The van der Waals surface area contributed by atoms with E-state index in [0.717, 1.165) is 0 Å². The van der Waals surface area contributed by atoms with Crippen LogP contribution in [0.2, 0.25) is 0 Å². The molecular weight excluding hydrogens is 316 g/mol. The first-order valence-electron chi connectivity index (χ1n) is 7.33. The van der Waals surface area contributed by atoms with Crippen LogP contribution < -0.4 is 10.6 Å². The highest BCUT2D eigenvalue weighted by molar-refractivity contribution is 6.02. The molecule has 0 aliphatic rings. The Labute approximate surface area is 137 Å². The van der Waals surface area contributed by atoms with E-state index in [4.69, 9.17) is 4.74 Å². The summed E-state index contributed by atoms with van der Waals surface area (Å²) in [5.41, 5.74) is 0.622. The Kier molecular flexibility index (Phi) is 5.40. The van der Waals surface area contributed by atoms with Crippen LogP contribution >= 0.6 is 0 Å². The molecule has 2 aromatic rings. The van der Waals surface area contributed by atoms with Crippen molar-refractivity contribution < 1.29 is 19.1 Å². The number of ether oxygens (including phenoxy) is 1. The summed E-state index contributed by atoms with van der Waals surface area (Å²) in [4.78, 5) is 39.5. The number of carbonyl (C=O) groups is 3. The summed E-state index contributed by atoms with van der Waals surface area (Å²) < 4.78 is 5.06. The zero-order chi connectivity index (χ0) is 17.7. The monoisotopic (exact) mass is 334 g/mol. The first kappa shape index (κ1) is 17.3. The van der Waals surface area contributed by atoms with Crippen molar-refractivity contribution in [3.05, 3.63) is 17.8 Å². The molecule has 2 rings (SSSR count). The standard InChI is InChI=1S/C14H18N6O4/c1-7(2)6-16-14(23)17-12(21)8(3)24-13(22)9-4-5-15-11-10(9)18-20-19-11/h4-5,7-8H,6H2,1-3H3,(H,15,18,19,20)(H2,16,17,21,23). The number of esters is 1. The molecule has 2 aromatic heterocycles. The highest BCUT2D eigenvalue weighted by atomic mass is 16.5. The first-order chi connectivity index (χ1) is 11.4. The third-order valence-corrected chi connectivity index (χ3v) is 3.00. The number of pyridine rings is 1. The van der Waals surface area contributed by atoms with Gasteiger partial charge in [0.15, 0.2) is 6.10 Å². The molecule has 0 aliphatic carbocycles. The zero-order valence-electron chi connectivity index (χ0n) is 13.5. The normalized spacial score (nSPS) is 12.0. The Morgan fingerprint density at radius 1 is 1.25 bits per heavy atom. The molecule has 0 aliphatic heterocycles. The molecule has 128 valence electrons. The molecule has 0 fully saturated rings. The Balaban J connectivity index is 1.95. The highest BCUT2D eigenvalue weighted by Gasteiger charge is 2.23. The maximum absolute atomic E-state index is 12.2. The third kappa shape index (κ3) is 4.24. The molecule has 10 nitrogen and oxygen atoms in total. The molecule has 10 heteroatoms. The van der Waals surface area contributed by atoms with E-state index in [1.54, 1.807) is 0 Å². The number of fused-ring (bicyclic) bond motifs is 1. The van der Waals surface area contributed by atoms with Crippen LogP contribution in [0.25, 0.3) is 11.2 Å². The SMILES string of the molecule is CC(C)CNC(=O)NC(=O)C(C)OC(=O)c1ccnc2n[nH]nc12. The minimum atomic E-state index is -1.16. The highest BCUT2D eigenvalue weighted by Crippen LogP contribution is 2.13. The van der Waals surface area contributed by atoms with E-state index >= 15 is 0 Å². The second kappa shape index (κ2) is 7.49. The predicted molar refractivity (Wildman–Crippen MR) is 82.9 cm³/mol. The average molecular weight is 334 g/mol. The Morgan fingerprint density at radius 2 is 2.00 bits per heavy atom. The van der Waals surface area contributed by atoms with Crippen molar-refractivity contribution >= 4 is 29.1 Å². The molecule has 1 atom stereocenters. The van der Waals surface area contributed by atoms with Crippen molar-refractivity contribution in [3.63, 3.8) is 0 Å². The quantitative estimate of drug-likeness (QED) is 0.672. The van der Waals surface area contributed by atoms with Crippen LogP contribution in [0.1, 0.15) is 31.1 Å². The van der Waals surface area contributed by atoms with Crippen molar-refractivity contribution in [2.24, 2.45) is 5.92 Å². The van der Waals surface area contributed by atoms with E-state index < -0.39 is 24.0 Å². The second-order valence-electron chi connectivity index (χ2n) is 5.49. The number of rotatable bonds is 5. The molecule has 0 aromatic carbocycles. The maximum atomic E-state index is 12.2. The number of hydrogen-bond acceptors (Lipinski definition) is 7. The summed E-state index contributed by atoms with van der Waals surface area (Å²) in [6.45, 7) is 5.64. The topological polar surface area (TPSA) is 139 Å². The smallest absolute Gasteiger partial charge is 0.341 e. The predicted octanol–water partition coefficient (Wildman–Crippen LogP) is 0.380. The lowest BCUT2D eigenvalue weighted by atomic mass is 10.2. The van der Waals surface area contributed by atoms with Gasteiger partial charge in [-0.1, -0.05) is 13.8 Å². The van der Waals surface area contributed by atoms with Crippen LogP contribution in [0.5, 0.6) is 0 Å². The minimum Gasteiger partial charge on any atom is -0.449 e. The summed E-state index contributed by atoms with van der Waals surface area (Å²) in [7, 11) is 0. The number of carbonyl (C=O) groups excluding carboxylic acids is 3. The number of nitrogens with zero attached hydrogens (tertiary/aromatic N) is 3. The lowest BCUT2D eigenvalue weighted by Crippen LogP contribution is -2.45. The van der Waals surface area contributed by atoms with Crippen LogP contribution in [-0.4, -0.2) is 51.0 Å². The van der Waals surface area contributed by atoms with Gasteiger partial charge < -0.3 is 10.1 Å². The minimum absolute atomic E-state index is 0.123. The molecule has 0 saturated carbocycles. The number of nitrogens with one attached hydrogen (secondary N) is 3. The number of amides is 3. The van der Waals surface area contributed by atoms with Crippen LogP contribution in [0, 0.1) is 5.92 Å². The van der Waals surface area contributed by atoms with Crippen LogP contribution in [0.15, 0.2) is 12.3 Å². The summed E-state index contributed by atoms with van der Waals surface area (Å²) in [5, 5.41) is 14.6. The molecule has 0 bridgehead atoms. The van der Waals surface area contributed by atoms with Crippen LogP contribution in [0.4, 0.5) is 4.79 Å².